The predicted octanol–water partition coefficient (Wildman–Crippen LogP) is 3.24. The van der Waals surface area contributed by atoms with E-state index in [0.29, 0.717) is 26.7 Å². The summed E-state index contributed by atoms with van der Waals surface area (Å²) in [5.74, 6) is -0.984. The Kier molecular flexibility index (Phi) is 7.03. The van der Waals surface area contributed by atoms with Gasteiger partial charge in [0.15, 0.2) is 0 Å². The minimum atomic E-state index is -0.984. The van der Waals surface area contributed by atoms with Gasteiger partial charge in [-0.25, -0.2) is 0 Å². The summed E-state index contributed by atoms with van der Waals surface area (Å²) in [4.78, 5) is 11.5. The second-order valence-electron chi connectivity index (χ2n) is 4.75. The first-order chi connectivity index (χ1) is 9.90. The van der Waals surface area contributed by atoms with Crippen molar-refractivity contribution in [2.75, 3.05) is 5.73 Å². The Morgan fingerprint density at radius 2 is 1.82 bits per heavy atom. The molecule has 3 N–H and O–H groups in total. The molecule has 2 rings (SSSR count). The van der Waals surface area contributed by atoms with Crippen LogP contribution in [0, 0.1) is 6.92 Å². The minimum Gasteiger partial charge on any atom is -0.481 e. The number of nitrogen functional groups attached to an aromatic ring is 1. The number of halogens is 1. The number of carboxylic acid groups (broad SMARTS) is 1. The predicted molar refractivity (Wildman–Crippen MR) is 94.9 cm³/mol. The van der Waals surface area contributed by atoms with E-state index in [4.69, 9.17) is 34.7 Å². The Labute approximate surface area is 161 Å². The summed E-state index contributed by atoms with van der Waals surface area (Å²) in [6, 6.07) is 11.1. The summed E-state index contributed by atoms with van der Waals surface area (Å²) in [5, 5.41) is 9.28. The zero-order valence-corrected chi connectivity index (χ0v) is 16.0. The number of carboxylic acids is 1. The van der Waals surface area contributed by atoms with Crippen molar-refractivity contribution in [1.29, 1.82) is 0 Å². The summed E-state index contributed by atoms with van der Waals surface area (Å²) >= 11 is 11.5. The fraction of sp³-hybridized carbons (Fsp3) is 0.125. The van der Waals surface area contributed by atoms with Gasteiger partial charge in [0.25, 0.3) is 0 Å². The SMILES string of the molecule is Cc1ccc(C(=S)c2ccc(Cl)c(CC(=O)O)c2N)cc1.[Na]. The molecular formula is C16H14ClNNaO2S. The molecule has 22 heavy (non-hydrogen) atoms. The van der Waals surface area contributed by atoms with Crippen LogP contribution in [0.2, 0.25) is 5.02 Å². The number of aliphatic carboxylic acids is 1. The number of anilines is 1. The number of nitrogens with two attached hydrogens (primary N) is 1. The van der Waals surface area contributed by atoms with Crippen molar-refractivity contribution in [3.63, 3.8) is 0 Å². The standard InChI is InChI=1S/C16H14ClNO2S.Na/c1-9-2-4-10(5-3-9)16(21)11-6-7-13(17)12(15(11)18)8-14(19)20;/h2-7H,8,18H2,1H3,(H,19,20);. The summed E-state index contributed by atoms with van der Waals surface area (Å²) in [6.45, 7) is 1.99. The molecule has 0 spiro atoms. The Hall–Kier alpha value is -0.910. The van der Waals surface area contributed by atoms with Crippen molar-refractivity contribution in [2.24, 2.45) is 0 Å². The molecule has 0 bridgehead atoms. The van der Waals surface area contributed by atoms with E-state index in [-0.39, 0.29) is 36.0 Å². The smallest absolute Gasteiger partial charge is 0.307 e. The average molecular weight is 343 g/mol. The van der Waals surface area contributed by atoms with Crippen LogP contribution in [0.1, 0.15) is 22.3 Å². The first kappa shape index (κ1) is 19.1. The van der Waals surface area contributed by atoms with Gasteiger partial charge in [0.1, 0.15) is 0 Å². The largest absolute Gasteiger partial charge is 0.481 e. The van der Waals surface area contributed by atoms with Gasteiger partial charge in [-0.05, 0) is 24.6 Å². The van der Waals surface area contributed by atoms with Crippen molar-refractivity contribution in [1.82, 2.24) is 0 Å². The Bertz CT molecular complexity index is 717. The van der Waals surface area contributed by atoms with E-state index in [2.05, 4.69) is 0 Å². The quantitative estimate of drug-likeness (QED) is 0.387. The molecule has 6 heteroatoms. The average Bonchev–Trinajstić information content (AvgIpc) is 2.43. The third kappa shape index (κ3) is 4.31. The normalized spacial score (nSPS) is 9.91. The van der Waals surface area contributed by atoms with E-state index in [1.54, 1.807) is 12.1 Å². The van der Waals surface area contributed by atoms with Gasteiger partial charge >= 0.3 is 5.97 Å². The summed E-state index contributed by atoms with van der Waals surface area (Å²) in [7, 11) is 0. The van der Waals surface area contributed by atoms with Gasteiger partial charge < -0.3 is 10.8 Å². The molecule has 0 unspecified atom stereocenters. The monoisotopic (exact) mass is 342 g/mol. The second kappa shape index (κ2) is 8.09. The van der Waals surface area contributed by atoms with Crippen LogP contribution in [0.5, 0.6) is 0 Å². The van der Waals surface area contributed by atoms with Gasteiger partial charge in [0, 0.05) is 51.4 Å². The van der Waals surface area contributed by atoms with E-state index < -0.39 is 5.97 Å². The number of hydrogen-bond donors (Lipinski definition) is 2. The number of hydrogen-bond acceptors (Lipinski definition) is 3. The maximum absolute atomic E-state index is 10.9. The van der Waals surface area contributed by atoms with Crippen LogP contribution in [0.15, 0.2) is 36.4 Å². The van der Waals surface area contributed by atoms with Crippen molar-refractivity contribution < 1.29 is 9.90 Å². The maximum atomic E-state index is 10.9. The van der Waals surface area contributed by atoms with Crippen LogP contribution in [-0.2, 0) is 11.2 Å². The molecule has 1 radical (unpaired) electrons. The molecule has 109 valence electrons. The molecule has 0 aromatic heterocycles. The molecule has 0 saturated carbocycles. The third-order valence-corrected chi connectivity index (χ3v) is 4.00. The van der Waals surface area contributed by atoms with Crippen molar-refractivity contribution >= 4 is 69.9 Å². The maximum Gasteiger partial charge on any atom is 0.307 e. The van der Waals surface area contributed by atoms with Crippen molar-refractivity contribution in [3.05, 3.63) is 63.7 Å². The van der Waals surface area contributed by atoms with Gasteiger partial charge in [-0.3, -0.25) is 4.79 Å². The van der Waals surface area contributed by atoms with Crippen LogP contribution in [0.25, 0.3) is 0 Å². The molecular weight excluding hydrogens is 329 g/mol. The summed E-state index contributed by atoms with van der Waals surface area (Å²) < 4.78 is 0. The van der Waals surface area contributed by atoms with Crippen LogP contribution >= 0.6 is 23.8 Å². The number of benzene rings is 2. The first-order valence-electron chi connectivity index (χ1n) is 6.30. The van der Waals surface area contributed by atoms with Crippen LogP contribution in [-0.4, -0.2) is 45.5 Å². The molecule has 0 amide bonds. The molecule has 0 heterocycles. The van der Waals surface area contributed by atoms with Crippen molar-refractivity contribution in [3.8, 4) is 0 Å². The van der Waals surface area contributed by atoms with E-state index in [1.807, 2.05) is 31.2 Å². The van der Waals surface area contributed by atoms with Crippen molar-refractivity contribution in [2.45, 2.75) is 13.3 Å². The molecule has 0 atom stereocenters. The summed E-state index contributed by atoms with van der Waals surface area (Å²) in [6.07, 6.45) is -0.227. The molecule has 0 aliphatic rings. The molecule has 0 aliphatic carbocycles. The van der Waals surface area contributed by atoms with Gasteiger partial charge in [-0.2, -0.15) is 0 Å². The topological polar surface area (TPSA) is 63.3 Å². The van der Waals surface area contributed by atoms with Crippen LogP contribution in [0.3, 0.4) is 0 Å². The Balaban J connectivity index is 0.00000242. The zero-order valence-electron chi connectivity index (χ0n) is 12.4. The number of thiocarbonyl (C=S) groups is 1. The number of carbonyl (C=O) groups is 1. The van der Waals surface area contributed by atoms with E-state index in [0.717, 1.165) is 11.1 Å². The number of rotatable bonds is 4. The molecule has 0 aliphatic heterocycles. The first-order valence-corrected chi connectivity index (χ1v) is 7.08. The second-order valence-corrected chi connectivity index (χ2v) is 5.57. The van der Waals surface area contributed by atoms with E-state index in [9.17, 15) is 4.79 Å². The molecule has 2 aromatic rings. The van der Waals surface area contributed by atoms with Crippen LogP contribution < -0.4 is 5.73 Å². The Morgan fingerprint density at radius 3 is 2.36 bits per heavy atom. The fourth-order valence-electron chi connectivity index (χ4n) is 2.03. The van der Waals surface area contributed by atoms with E-state index >= 15 is 0 Å². The van der Waals surface area contributed by atoms with Gasteiger partial charge in [-0.1, -0.05) is 53.6 Å². The third-order valence-electron chi connectivity index (χ3n) is 3.19. The molecule has 0 saturated heterocycles. The summed E-state index contributed by atoms with van der Waals surface area (Å²) in [5.41, 5.74) is 9.43. The van der Waals surface area contributed by atoms with Gasteiger partial charge in [0.2, 0.25) is 0 Å². The van der Waals surface area contributed by atoms with E-state index in [1.165, 1.54) is 0 Å². The fourth-order valence-corrected chi connectivity index (χ4v) is 2.57. The van der Waals surface area contributed by atoms with Crippen LogP contribution in [0.4, 0.5) is 5.69 Å². The molecule has 2 aromatic carbocycles. The number of aryl methyl sites for hydroxylation is 1. The van der Waals surface area contributed by atoms with Gasteiger partial charge in [0.05, 0.1) is 11.3 Å². The zero-order chi connectivity index (χ0) is 15.6. The van der Waals surface area contributed by atoms with Gasteiger partial charge in [-0.15, -0.1) is 0 Å². The molecule has 3 nitrogen and oxygen atoms in total. The Morgan fingerprint density at radius 1 is 1.23 bits per heavy atom. The molecule has 0 fully saturated rings. The minimum absolute atomic E-state index is 0.